The zero-order valence-corrected chi connectivity index (χ0v) is 17.6. The van der Waals surface area contributed by atoms with E-state index < -0.39 is 17.2 Å². The number of amides is 1. The Morgan fingerprint density at radius 1 is 1.16 bits per heavy atom. The van der Waals surface area contributed by atoms with Gasteiger partial charge in [0.2, 0.25) is 0 Å². The van der Waals surface area contributed by atoms with Gasteiger partial charge >= 0.3 is 5.69 Å². The molecule has 2 heterocycles. The Morgan fingerprint density at radius 3 is 2.74 bits per heavy atom. The van der Waals surface area contributed by atoms with Crippen LogP contribution in [0.4, 0.5) is 0 Å². The second kappa shape index (κ2) is 9.16. The highest BCUT2D eigenvalue weighted by molar-refractivity contribution is 5.92. The van der Waals surface area contributed by atoms with Gasteiger partial charge < -0.3 is 10.3 Å². The molecule has 0 saturated heterocycles. The van der Waals surface area contributed by atoms with Gasteiger partial charge in [0.15, 0.2) is 0 Å². The molecular formula is C23H27N5O3. The SMILES string of the molecule is CC(NC(=O)c1cc(=O)[nH]c(=O)[nH]1)c1cccc(-c2cnn(CC3CCCCC3)c2)c1. The molecule has 0 aliphatic heterocycles. The fourth-order valence-corrected chi connectivity index (χ4v) is 4.18. The summed E-state index contributed by atoms with van der Waals surface area (Å²) in [5.41, 5.74) is 1.58. The van der Waals surface area contributed by atoms with Crippen LogP contribution in [0.15, 0.2) is 52.3 Å². The standard InChI is InChI=1S/C23H27N5O3/c1-15(25-22(30)20-11-21(29)27-23(31)26-20)17-8-5-9-18(10-17)19-12-24-28(14-19)13-16-6-3-2-4-7-16/h5,8-12,14-16H,2-4,6-7,13H2,1H3,(H,25,30)(H2,26,27,29,31). The van der Waals surface area contributed by atoms with Crippen LogP contribution in [0.1, 0.15) is 61.1 Å². The highest BCUT2D eigenvalue weighted by atomic mass is 16.2. The van der Waals surface area contributed by atoms with Crippen LogP contribution >= 0.6 is 0 Å². The normalized spacial score (nSPS) is 15.5. The minimum absolute atomic E-state index is 0.0688. The number of nitrogens with one attached hydrogen (secondary N) is 3. The molecule has 1 saturated carbocycles. The van der Waals surface area contributed by atoms with Gasteiger partial charge in [-0.25, -0.2) is 4.79 Å². The zero-order valence-electron chi connectivity index (χ0n) is 17.6. The summed E-state index contributed by atoms with van der Waals surface area (Å²) in [6.07, 6.45) is 10.5. The van der Waals surface area contributed by atoms with Gasteiger partial charge in [0.25, 0.3) is 11.5 Å². The smallest absolute Gasteiger partial charge is 0.326 e. The molecule has 3 N–H and O–H groups in total. The lowest BCUT2D eigenvalue weighted by atomic mass is 9.89. The first-order chi connectivity index (χ1) is 15.0. The predicted octanol–water partition coefficient (Wildman–Crippen LogP) is 3.00. The van der Waals surface area contributed by atoms with Gasteiger partial charge in [-0.15, -0.1) is 0 Å². The molecule has 1 fully saturated rings. The van der Waals surface area contributed by atoms with E-state index in [1.165, 1.54) is 32.1 Å². The number of carbonyl (C=O) groups is 1. The van der Waals surface area contributed by atoms with Crippen LogP contribution in [0.3, 0.4) is 0 Å². The first-order valence-electron chi connectivity index (χ1n) is 10.8. The Labute approximate surface area is 179 Å². The molecular weight excluding hydrogens is 394 g/mol. The van der Waals surface area contributed by atoms with Crippen molar-refractivity contribution in [1.82, 2.24) is 25.1 Å². The number of aromatic nitrogens is 4. The highest BCUT2D eigenvalue weighted by Crippen LogP contribution is 2.27. The predicted molar refractivity (Wildman–Crippen MR) is 118 cm³/mol. The fraction of sp³-hybridized carbons (Fsp3) is 0.391. The van der Waals surface area contributed by atoms with Crippen molar-refractivity contribution < 1.29 is 4.79 Å². The zero-order chi connectivity index (χ0) is 21.8. The monoisotopic (exact) mass is 421 g/mol. The van der Waals surface area contributed by atoms with Gasteiger partial charge in [-0.05, 0) is 42.9 Å². The van der Waals surface area contributed by atoms with Crippen LogP contribution < -0.4 is 16.6 Å². The molecule has 0 radical (unpaired) electrons. The maximum atomic E-state index is 12.4. The van der Waals surface area contributed by atoms with Crippen LogP contribution in [0, 0.1) is 5.92 Å². The number of H-pyrrole nitrogens is 2. The summed E-state index contributed by atoms with van der Waals surface area (Å²) < 4.78 is 2.03. The Kier molecular flexibility index (Phi) is 6.16. The summed E-state index contributed by atoms with van der Waals surface area (Å²) in [4.78, 5) is 39.7. The average molecular weight is 422 g/mol. The van der Waals surface area contributed by atoms with Crippen LogP contribution in [0.5, 0.6) is 0 Å². The molecule has 3 aromatic rings. The summed E-state index contributed by atoms with van der Waals surface area (Å²) in [5, 5.41) is 7.37. The molecule has 4 rings (SSSR count). The number of hydrogen-bond acceptors (Lipinski definition) is 4. The maximum Gasteiger partial charge on any atom is 0.326 e. The van der Waals surface area contributed by atoms with E-state index in [1.807, 2.05) is 47.1 Å². The molecule has 0 bridgehead atoms. The van der Waals surface area contributed by atoms with Gasteiger partial charge in [0.05, 0.1) is 12.2 Å². The maximum absolute atomic E-state index is 12.4. The Balaban J connectivity index is 1.45. The average Bonchev–Trinajstić information content (AvgIpc) is 3.22. The van der Waals surface area contributed by atoms with Gasteiger partial charge in [0.1, 0.15) is 5.69 Å². The van der Waals surface area contributed by atoms with Gasteiger partial charge in [-0.3, -0.25) is 19.3 Å². The van der Waals surface area contributed by atoms with Crippen LogP contribution in [0.25, 0.3) is 11.1 Å². The van der Waals surface area contributed by atoms with E-state index >= 15 is 0 Å². The molecule has 1 aliphatic carbocycles. The number of hydrogen-bond donors (Lipinski definition) is 3. The molecule has 1 unspecified atom stereocenters. The molecule has 162 valence electrons. The third-order valence-corrected chi connectivity index (χ3v) is 5.88. The molecule has 1 atom stereocenters. The van der Waals surface area contributed by atoms with E-state index in [4.69, 9.17) is 0 Å². The van der Waals surface area contributed by atoms with Crippen LogP contribution in [-0.4, -0.2) is 25.7 Å². The fourth-order valence-electron chi connectivity index (χ4n) is 4.18. The summed E-state index contributed by atoms with van der Waals surface area (Å²) in [7, 11) is 0. The van der Waals surface area contributed by atoms with Crippen LogP contribution in [-0.2, 0) is 6.54 Å². The Hall–Kier alpha value is -3.42. The molecule has 1 aliphatic rings. The summed E-state index contributed by atoms with van der Waals surface area (Å²) in [6, 6.07) is 8.68. The second-order valence-corrected chi connectivity index (χ2v) is 8.28. The van der Waals surface area contributed by atoms with E-state index in [0.717, 1.165) is 29.3 Å². The minimum Gasteiger partial charge on any atom is -0.344 e. The number of aromatic amines is 2. The lowest BCUT2D eigenvalue weighted by Gasteiger charge is -2.21. The molecule has 2 aromatic heterocycles. The molecule has 1 aromatic carbocycles. The molecule has 1 amide bonds. The highest BCUT2D eigenvalue weighted by Gasteiger charge is 2.16. The van der Waals surface area contributed by atoms with Crippen molar-refractivity contribution in [2.45, 2.75) is 51.6 Å². The van der Waals surface area contributed by atoms with Crippen molar-refractivity contribution in [1.29, 1.82) is 0 Å². The lowest BCUT2D eigenvalue weighted by molar-refractivity contribution is 0.0934. The number of carbonyl (C=O) groups excluding carboxylic acids is 1. The first-order valence-corrected chi connectivity index (χ1v) is 10.8. The third-order valence-electron chi connectivity index (χ3n) is 5.88. The van der Waals surface area contributed by atoms with Gasteiger partial charge in [-0.2, -0.15) is 5.10 Å². The minimum atomic E-state index is -0.711. The number of rotatable bonds is 6. The van der Waals surface area contributed by atoms with E-state index in [1.54, 1.807) is 0 Å². The van der Waals surface area contributed by atoms with Crippen LogP contribution in [0.2, 0.25) is 0 Å². The van der Waals surface area contributed by atoms with E-state index in [-0.39, 0.29) is 11.7 Å². The van der Waals surface area contributed by atoms with Crippen molar-refractivity contribution in [2.24, 2.45) is 5.92 Å². The topological polar surface area (TPSA) is 113 Å². The quantitative estimate of drug-likeness (QED) is 0.568. The molecule has 8 nitrogen and oxygen atoms in total. The molecule has 0 spiro atoms. The van der Waals surface area contributed by atoms with E-state index in [2.05, 4.69) is 21.6 Å². The third kappa shape index (κ3) is 5.20. The number of nitrogens with zero attached hydrogens (tertiary/aromatic N) is 2. The van der Waals surface area contributed by atoms with Crippen molar-refractivity contribution >= 4 is 5.91 Å². The number of benzene rings is 1. The first kappa shape index (κ1) is 20.8. The largest absolute Gasteiger partial charge is 0.344 e. The van der Waals surface area contributed by atoms with Crippen molar-refractivity contribution in [3.63, 3.8) is 0 Å². The second-order valence-electron chi connectivity index (χ2n) is 8.28. The Morgan fingerprint density at radius 2 is 1.97 bits per heavy atom. The van der Waals surface area contributed by atoms with Gasteiger partial charge in [0, 0.05) is 24.4 Å². The summed E-state index contributed by atoms with van der Waals surface area (Å²) >= 11 is 0. The molecule has 8 heteroatoms. The van der Waals surface area contributed by atoms with Crippen molar-refractivity contribution in [3.8, 4) is 11.1 Å². The van der Waals surface area contributed by atoms with Gasteiger partial charge in [-0.1, -0.05) is 37.5 Å². The summed E-state index contributed by atoms with van der Waals surface area (Å²) in [5.74, 6) is 0.195. The van der Waals surface area contributed by atoms with E-state index in [0.29, 0.717) is 5.92 Å². The van der Waals surface area contributed by atoms with Crippen molar-refractivity contribution in [2.75, 3.05) is 0 Å². The van der Waals surface area contributed by atoms with E-state index in [9.17, 15) is 14.4 Å². The van der Waals surface area contributed by atoms with Crippen molar-refractivity contribution in [3.05, 3.63) is 74.8 Å². The Bertz CT molecular complexity index is 1140. The molecule has 31 heavy (non-hydrogen) atoms. The lowest BCUT2D eigenvalue weighted by Crippen LogP contribution is -2.32. The summed E-state index contributed by atoms with van der Waals surface area (Å²) in [6.45, 7) is 2.81.